The minimum atomic E-state index is -0.323. The maximum atomic E-state index is 13.6. The fourth-order valence-electron chi connectivity index (χ4n) is 1.84. The third kappa shape index (κ3) is 3.87. The van der Waals surface area contributed by atoms with Crippen LogP contribution in [0.5, 0.6) is 5.75 Å². The number of benzene rings is 2. The van der Waals surface area contributed by atoms with E-state index >= 15 is 0 Å². The van der Waals surface area contributed by atoms with Gasteiger partial charge >= 0.3 is 0 Å². The molecular formula is C16H17ClFNO. The highest BCUT2D eigenvalue weighted by atomic mass is 35.5. The molecule has 0 fully saturated rings. The van der Waals surface area contributed by atoms with Gasteiger partial charge in [-0.05, 0) is 38.1 Å². The van der Waals surface area contributed by atoms with Crippen LogP contribution in [0.2, 0.25) is 5.02 Å². The summed E-state index contributed by atoms with van der Waals surface area (Å²) in [4.78, 5) is 0. The highest BCUT2D eigenvalue weighted by Crippen LogP contribution is 2.23. The molecule has 0 aliphatic carbocycles. The summed E-state index contributed by atoms with van der Waals surface area (Å²) in [5.74, 6) is 0.481. The second-order valence-electron chi connectivity index (χ2n) is 4.75. The van der Waals surface area contributed by atoms with E-state index in [-0.39, 0.29) is 11.9 Å². The second-order valence-corrected chi connectivity index (χ2v) is 5.19. The van der Waals surface area contributed by atoms with Crippen LogP contribution in [0.4, 0.5) is 10.1 Å². The molecule has 2 nitrogen and oxygen atoms in total. The summed E-state index contributed by atoms with van der Waals surface area (Å²) in [5.41, 5.74) is 1.36. The quantitative estimate of drug-likeness (QED) is 0.848. The van der Waals surface area contributed by atoms with E-state index in [2.05, 4.69) is 5.32 Å². The van der Waals surface area contributed by atoms with Crippen molar-refractivity contribution < 1.29 is 9.13 Å². The van der Waals surface area contributed by atoms with Crippen molar-refractivity contribution in [3.63, 3.8) is 0 Å². The molecule has 0 aliphatic rings. The van der Waals surface area contributed by atoms with E-state index < -0.39 is 0 Å². The van der Waals surface area contributed by atoms with E-state index in [0.717, 1.165) is 11.3 Å². The monoisotopic (exact) mass is 293 g/mol. The Bertz CT molecular complexity index is 586. The molecule has 2 aromatic carbocycles. The predicted molar refractivity (Wildman–Crippen MR) is 80.9 cm³/mol. The average molecular weight is 294 g/mol. The number of para-hydroxylation sites is 1. The molecule has 0 heterocycles. The molecule has 0 spiro atoms. The van der Waals surface area contributed by atoms with Crippen molar-refractivity contribution in [3.8, 4) is 5.75 Å². The van der Waals surface area contributed by atoms with E-state index in [4.69, 9.17) is 16.3 Å². The van der Waals surface area contributed by atoms with E-state index in [9.17, 15) is 4.39 Å². The fourth-order valence-corrected chi connectivity index (χ4v) is 2.01. The Balaban J connectivity index is 2.12. The van der Waals surface area contributed by atoms with Gasteiger partial charge in [-0.2, -0.15) is 0 Å². The van der Waals surface area contributed by atoms with Gasteiger partial charge in [0.05, 0.1) is 11.8 Å². The van der Waals surface area contributed by atoms with Crippen molar-refractivity contribution in [2.24, 2.45) is 0 Å². The van der Waals surface area contributed by atoms with E-state index in [1.807, 2.05) is 38.1 Å². The Morgan fingerprint density at radius 1 is 1.20 bits per heavy atom. The third-order valence-corrected chi connectivity index (χ3v) is 2.97. The molecule has 2 aromatic rings. The van der Waals surface area contributed by atoms with Crippen LogP contribution in [0.25, 0.3) is 0 Å². The molecule has 2 rings (SSSR count). The molecule has 1 N–H and O–H groups in total. The van der Waals surface area contributed by atoms with Gasteiger partial charge in [0.15, 0.2) is 0 Å². The Hall–Kier alpha value is -1.74. The lowest BCUT2D eigenvalue weighted by atomic mass is 10.2. The number of halogens is 2. The van der Waals surface area contributed by atoms with Crippen molar-refractivity contribution in [2.45, 2.75) is 26.5 Å². The first kappa shape index (κ1) is 14.7. The Labute approximate surface area is 123 Å². The average Bonchev–Trinajstić information content (AvgIpc) is 2.41. The normalized spacial score (nSPS) is 10.7. The smallest absolute Gasteiger partial charge is 0.146 e. The van der Waals surface area contributed by atoms with Gasteiger partial charge in [-0.3, -0.25) is 0 Å². The van der Waals surface area contributed by atoms with Gasteiger partial charge in [0.1, 0.15) is 11.6 Å². The summed E-state index contributed by atoms with van der Waals surface area (Å²) < 4.78 is 19.4. The number of ether oxygens (including phenoxy) is 1. The lowest BCUT2D eigenvalue weighted by molar-refractivity contribution is 0.240. The molecule has 20 heavy (non-hydrogen) atoms. The first-order valence-electron chi connectivity index (χ1n) is 6.49. The number of nitrogens with one attached hydrogen (secondary N) is 1. The highest BCUT2D eigenvalue weighted by molar-refractivity contribution is 6.30. The molecule has 0 unspecified atom stereocenters. The molecule has 0 aliphatic heterocycles. The van der Waals surface area contributed by atoms with Crippen LogP contribution in [0, 0.1) is 5.82 Å². The van der Waals surface area contributed by atoms with E-state index in [1.54, 1.807) is 6.07 Å². The molecule has 0 saturated heterocycles. The number of rotatable bonds is 5. The van der Waals surface area contributed by atoms with Gasteiger partial charge in [0, 0.05) is 17.1 Å². The van der Waals surface area contributed by atoms with Gasteiger partial charge in [-0.15, -0.1) is 0 Å². The third-order valence-electron chi connectivity index (χ3n) is 2.73. The second kappa shape index (κ2) is 6.62. The van der Waals surface area contributed by atoms with Crippen LogP contribution >= 0.6 is 11.6 Å². The maximum Gasteiger partial charge on any atom is 0.146 e. The zero-order valence-corrected chi connectivity index (χ0v) is 12.2. The molecule has 0 amide bonds. The predicted octanol–water partition coefficient (Wildman–Crippen LogP) is 4.88. The van der Waals surface area contributed by atoms with Gasteiger partial charge in [-0.1, -0.05) is 29.8 Å². The van der Waals surface area contributed by atoms with Crippen LogP contribution in [-0.2, 0) is 6.54 Å². The molecular weight excluding hydrogens is 277 g/mol. The van der Waals surface area contributed by atoms with Crippen molar-refractivity contribution in [2.75, 3.05) is 5.32 Å². The molecule has 0 bridgehead atoms. The summed E-state index contributed by atoms with van der Waals surface area (Å²) in [5, 5.41) is 3.54. The lowest BCUT2D eigenvalue weighted by Gasteiger charge is -2.15. The van der Waals surface area contributed by atoms with Gasteiger partial charge in [0.2, 0.25) is 0 Å². The van der Waals surface area contributed by atoms with Crippen LogP contribution in [0.1, 0.15) is 19.4 Å². The molecule has 0 aromatic heterocycles. The molecule has 0 atom stereocenters. The number of anilines is 1. The first-order chi connectivity index (χ1) is 9.56. The zero-order valence-electron chi connectivity index (χ0n) is 11.5. The Morgan fingerprint density at radius 3 is 2.70 bits per heavy atom. The minimum absolute atomic E-state index is 0.0963. The summed E-state index contributed by atoms with van der Waals surface area (Å²) >= 11 is 5.87. The Kier molecular flexibility index (Phi) is 4.85. The van der Waals surface area contributed by atoms with Gasteiger partial charge < -0.3 is 10.1 Å². The standard InChI is InChI=1S/C16H17ClFNO/c1-11(2)20-16-6-4-3-5-12(16)10-19-15-9-13(17)7-8-14(15)18/h3-9,11,19H,10H2,1-2H3. The zero-order chi connectivity index (χ0) is 14.5. The van der Waals surface area contributed by atoms with Crippen LogP contribution in [0.15, 0.2) is 42.5 Å². The summed E-state index contributed by atoms with van der Waals surface area (Å²) in [6, 6.07) is 12.2. The van der Waals surface area contributed by atoms with E-state index in [0.29, 0.717) is 17.3 Å². The SMILES string of the molecule is CC(C)Oc1ccccc1CNc1cc(Cl)ccc1F. The first-order valence-corrected chi connectivity index (χ1v) is 6.87. The molecule has 106 valence electrons. The van der Waals surface area contributed by atoms with E-state index in [1.165, 1.54) is 12.1 Å². The van der Waals surface area contributed by atoms with Gasteiger partial charge in [0.25, 0.3) is 0 Å². The van der Waals surface area contributed by atoms with Crippen molar-refractivity contribution in [3.05, 3.63) is 58.9 Å². The molecule has 0 saturated carbocycles. The van der Waals surface area contributed by atoms with Crippen LogP contribution < -0.4 is 10.1 Å². The summed E-state index contributed by atoms with van der Waals surface area (Å²) in [7, 11) is 0. The maximum absolute atomic E-state index is 13.6. The molecule has 0 radical (unpaired) electrons. The minimum Gasteiger partial charge on any atom is -0.491 e. The van der Waals surface area contributed by atoms with Crippen molar-refractivity contribution in [1.82, 2.24) is 0 Å². The molecule has 4 heteroatoms. The Morgan fingerprint density at radius 2 is 1.95 bits per heavy atom. The number of hydrogen-bond donors (Lipinski definition) is 1. The summed E-state index contributed by atoms with van der Waals surface area (Å²) in [6.07, 6.45) is 0.0963. The van der Waals surface area contributed by atoms with Crippen molar-refractivity contribution >= 4 is 17.3 Å². The largest absolute Gasteiger partial charge is 0.491 e. The fraction of sp³-hybridized carbons (Fsp3) is 0.250. The lowest BCUT2D eigenvalue weighted by Crippen LogP contribution is -2.09. The van der Waals surface area contributed by atoms with Crippen molar-refractivity contribution in [1.29, 1.82) is 0 Å². The number of hydrogen-bond acceptors (Lipinski definition) is 2. The summed E-state index contributed by atoms with van der Waals surface area (Å²) in [6.45, 7) is 4.42. The van der Waals surface area contributed by atoms with Crippen LogP contribution in [0.3, 0.4) is 0 Å². The topological polar surface area (TPSA) is 21.3 Å². The van der Waals surface area contributed by atoms with Crippen LogP contribution in [-0.4, -0.2) is 6.10 Å². The highest BCUT2D eigenvalue weighted by Gasteiger charge is 2.07. The van der Waals surface area contributed by atoms with Gasteiger partial charge in [-0.25, -0.2) is 4.39 Å².